The van der Waals surface area contributed by atoms with Crippen molar-refractivity contribution in [3.63, 3.8) is 0 Å². The maximum absolute atomic E-state index is 13.3. The summed E-state index contributed by atoms with van der Waals surface area (Å²) in [5.74, 6) is 3.03. The molecule has 8 nitrogen and oxygen atoms in total. The number of benzene rings is 1. The number of ether oxygens (including phenoxy) is 1. The van der Waals surface area contributed by atoms with Gasteiger partial charge in [0.05, 0.1) is 12.2 Å². The first-order chi connectivity index (χ1) is 16.1. The molecule has 3 aromatic rings. The molecule has 0 saturated carbocycles. The molecule has 1 saturated heterocycles. The van der Waals surface area contributed by atoms with Gasteiger partial charge >= 0.3 is 0 Å². The summed E-state index contributed by atoms with van der Waals surface area (Å²) >= 11 is 0. The summed E-state index contributed by atoms with van der Waals surface area (Å²) in [6.45, 7) is 7.91. The van der Waals surface area contributed by atoms with Crippen LogP contribution >= 0.6 is 0 Å². The third kappa shape index (κ3) is 4.55. The molecular weight excluding hydrogens is 421 g/mol. The molecule has 4 heterocycles. The van der Waals surface area contributed by atoms with E-state index in [1.54, 1.807) is 12.1 Å². The van der Waals surface area contributed by atoms with Crippen molar-refractivity contribution in [2.24, 2.45) is 0 Å². The number of hydrogen-bond acceptors (Lipinski definition) is 7. The Hall–Kier alpha value is -3.07. The van der Waals surface area contributed by atoms with Gasteiger partial charge in [0.25, 0.3) is 0 Å². The van der Waals surface area contributed by atoms with Crippen LogP contribution in [0, 0.1) is 12.7 Å². The zero-order valence-corrected chi connectivity index (χ0v) is 19.2. The van der Waals surface area contributed by atoms with Gasteiger partial charge in [-0.25, -0.2) is 9.37 Å². The molecule has 33 heavy (non-hydrogen) atoms. The summed E-state index contributed by atoms with van der Waals surface area (Å²) in [5.41, 5.74) is 3.09. The lowest BCUT2D eigenvalue weighted by molar-refractivity contribution is 0.0903. The molecule has 2 aliphatic rings. The number of aromatic nitrogens is 5. The highest BCUT2D eigenvalue weighted by molar-refractivity contribution is 5.56. The smallest absolute Gasteiger partial charge is 0.228 e. The van der Waals surface area contributed by atoms with Gasteiger partial charge in [0, 0.05) is 43.5 Å². The predicted molar refractivity (Wildman–Crippen MR) is 125 cm³/mol. The van der Waals surface area contributed by atoms with E-state index < -0.39 is 0 Å². The Morgan fingerprint density at radius 3 is 2.64 bits per heavy atom. The molecule has 0 radical (unpaired) electrons. The van der Waals surface area contributed by atoms with E-state index in [1.165, 1.54) is 12.1 Å². The van der Waals surface area contributed by atoms with Gasteiger partial charge in [-0.05, 0) is 50.5 Å². The Morgan fingerprint density at radius 1 is 1.09 bits per heavy atom. The standard InChI is InChI=1S/C24H30FN7O/c1-3-4-20-16(2)22(26-19-9-13-33-14-10-19)28-24(27-20)31-11-12-32-21(15-31)29-30-23(32)17-5-7-18(25)8-6-17/h5-8,19H,3-4,9-15H2,1-2H3,(H,26,27,28). The molecule has 174 valence electrons. The van der Waals surface area contributed by atoms with E-state index in [-0.39, 0.29) is 5.82 Å². The van der Waals surface area contributed by atoms with Crippen LogP contribution in [-0.2, 0) is 24.2 Å². The summed E-state index contributed by atoms with van der Waals surface area (Å²) in [6, 6.07) is 6.77. The van der Waals surface area contributed by atoms with Crippen LogP contribution in [0.5, 0.6) is 0 Å². The van der Waals surface area contributed by atoms with E-state index in [2.05, 4.69) is 38.8 Å². The molecule has 2 aromatic heterocycles. The van der Waals surface area contributed by atoms with Gasteiger partial charge in [-0.2, -0.15) is 4.98 Å². The average molecular weight is 452 g/mol. The van der Waals surface area contributed by atoms with Gasteiger partial charge in [-0.3, -0.25) is 0 Å². The number of halogens is 1. The lowest BCUT2D eigenvalue weighted by Gasteiger charge is -2.30. The third-order valence-electron chi connectivity index (χ3n) is 6.42. The lowest BCUT2D eigenvalue weighted by atomic mass is 10.1. The maximum atomic E-state index is 13.3. The maximum Gasteiger partial charge on any atom is 0.228 e. The minimum absolute atomic E-state index is 0.257. The van der Waals surface area contributed by atoms with E-state index in [0.29, 0.717) is 12.6 Å². The SMILES string of the molecule is CCCc1nc(N2CCn3c(nnc3-c3ccc(F)cc3)C2)nc(NC2CCOCC2)c1C. The zero-order chi connectivity index (χ0) is 22.8. The fraction of sp³-hybridized carbons (Fsp3) is 0.500. The molecule has 0 atom stereocenters. The molecule has 0 bridgehead atoms. The quantitative estimate of drug-likeness (QED) is 0.611. The van der Waals surface area contributed by atoms with Gasteiger partial charge in [0.2, 0.25) is 5.95 Å². The Morgan fingerprint density at radius 2 is 1.88 bits per heavy atom. The van der Waals surface area contributed by atoms with Crippen LogP contribution in [0.2, 0.25) is 0 Å². The first-order valence-electron chi connectivity index (χ1n) is 11.8. The van der Waals surface area contributed by atoms with Gasteiger partial charge in [-0.1, -0.05) is 13.3 Å². The zero-order valence-electron chi connectivity index (χ0n) is 19.2. The van der Waals surface area contributed by atoms with Crippen molar-refractivity contribution in [2.45, 2.75) is 58.7 Å². The van der Waals surface area contributed by atoms with Crippen LogP contribution in [0.15, 0.2) is 24.3 Å². The molecule has 0 amide bonds. The highest BCUT2D eigenvalue weighted by Gasteiger charge is 2.25. The van der Waals surface area contributed by atoms with E-state index in [0.717, 1.165) is 92.2 Å². The number of anilines is 2. The number of aryl methyl sites for hydroxylation is 1. The minimum Gasteiger partial charge on any atom is -0.381 e. The molecule has 2 aliphatic heterocycles. The fourth-order valence-corrected chi connectivity index (χ4v) is 4.49. The van der Waals surface area contributed by atoms with E-state index in [4.69, 9.17) is 14.7 Å². The number of hydrogen-bond donors (Lipinski definition) is 1. The number of nitrogens with one attached hydrogen (secondary N) is 1. The number of fused-ring (bicyclic) bond motifs is 1. The summed E-state index contributed by atoms with van der Waals surface area (Å²) in [4.78, 5) is 12.1. The highest BCUT2D eigenvalue weighted by Crippen LogP contribution is 2.27. The van der Waals surface area contributed by atoms with Crippen molar-refractivity contribution in [1.82, 2.24) is 24.7 Å². The number of nitrogens with zero attached hydrogens (tertiary/aromatic N) is 6. The van der Waals surface area contributed by atoms with Gasteiger partial charge in [-0.15, -0.1) is 10.2 Å². The first-order valence-corrected chi connectivity index (χ1v) is 11.8. The largest absolute Gasteiger partial charge is 0.381 e. The second-order valence-corrected chi connectivity index (χ2v) is 8.74. The van der Waals surface area contributed by atoms with Crippen molar-refractivity contribution in [1.29, 1.82) is 0 Å². The average Bonchev–Trinajstić information content (AvgIpc) is 3.26. The molecule has 9 heteroatoms. The second-order valence-electron chi connectivity index (χ2n) is 8.74. The summed E-state index contributed by atoms with van der Waals surface area (Å²) in [6.07, 6.45) is 3.92. The van der Waals surface area contributed by atoms with Crippen LogP contribution in [0.3, 0.4) is 0 Å². The van der Waals surface area contributed by atoms with Gasteiger partial charge < -0.3 is 19.5 Å². The highest BCUT2D eigenvalue weighted by atomic mass is 19.1. The predicted octanol–water partition coefficient (Wildman–Crippen LogP) is 3.75. The van der Waals surface area contributed by atoms with Crippen LogP contribution in [-0.4, -0.2) is 50.5 Å². The second kappa shape index (κ2) is 9.43. The Labute approximate surface area is 193 Å². The third-order valence-corrected chi connectivity index (χ3v) is 6.42. The van der Waals surface area contributed by atoms with E-state index in [9.17, 15) is 4.39 Å². The molecule has 0 spiro atoms. The van der Waals surface area contributed by atoms with Crippen molar-refractivity contribution in [3.8, 4) is 11.4 Å². The van der Waals surface area contributed by atoms with Crippen molar-refractivity contribution >= 4 is 11.8 Å². The molecule has 1 N–H and O–H groups in total. The van der Waals surface area contributed by atoms with Crippen molar-refractivity contribution in [3.05, 3.63) is 47.2 Å². The Bertz CT molecular complexity index is 1110. The summed E-state index contributed by atoms with van der Waals surface area (Å²) in [7, 11) is 0. The van der Waals surface area contributed by atoms with Crippen molar-refractivity contribution in [2.75, 3.05) is 30.0 Å². The van der Waals surface area contributed by atoms with Crippen LogP contribution < -0.4 is 10.2 Å². The van der Waals surface area contributed by atoms with Crippen LogP contribution in [0.1, 0.15) is 43.3 Å². The lowest BCUT2D eigenvalue weighted by Crippen LogP contribution is -2.36. The molecule has 1 aromatic carbocycles. The molecule has 0 aliphatic carbocycles. The number of rotatable bonds is 6. The Balaban J connectivity index is 1.41. The molecule has 1 fully saturated rings. The Kier molecular flexibility index (Phi) is 6.22. The fourth-order valence-electron chi connectivity index (χ4n) is 4.49. The summed E-state index contributed by atoms with van der Waals surface area (Å²) in [5, 5.41) is 12.5. The monoisotopic (exact) mass is 451 g/mol. The molecule has 0 unspecified atom stereocenters. The minimum atomic E-state index is -0.257. The van der Waals surface area contributed by atoms with E-state index in [1.807, 2.05) is 0 Å². The first kappa shape index (κ1) is 21.8. The summed E-state index contributed by atoms with van der Waals surface area (Å²) < 4.78 is 20.9. The molecule has 5 rings (SSSR count). The topological polar surface area (TPSA) is 81.0 Å². The van der Waals surface area contributed by atoms with E-state index >= 15 is 0 Å². The molecular formula is C24H30FN7O. The normalized spacial score (nSPS) is 16.6. The van der Waals surface area contributed by atoms with Crippen LogP contribution in [0.25, 0.3) is 11.4 Å². The van der Waals surface area contributed by atoms with Gasteiger partial charge in [0.15, 0.2) is 11.6 Å². The van der Waals surface area contributed by atoms with Crippen LogP contribution in [0.4, 0.5) is 16.2 Å². The van der Waals surface area contributed by atoms with Gasteiger partial charge in [0.1, 0.15) is 11.6 Å². The van der Waals surface area contributed by atoms with Crippen molar-refractivity contribution < 1.29 is 9.13 Å².